The third kappa shape index (κ3) is 3.27. The van der Waals surface area contributed by atoms with Crippen LogP contribution in [0.15, 0.2) is 6.20 Å². The van der Waals surface area contributed by atoms with E-state index in [2.05, 4.69) is 20.4 Å². The Labute approximate surface area is 123 Å². The molecule has 2 aromatic rings. The summed E-state index contributed by atoms with van der Waals surface area (Å²) in [4.78, 5) is 22.3. The van der Waals surface area contributed by atoms with Gasteiger partial charge in [-0.15, -0.1) is 0 Å². The van der Waals surface area contributed by atoms with Gasteiger partial charge in [0.1, 0.15) is 11.6 Å². The molecule has 0 saturated heterocycles. The van der Waals surface area contributed by atoms with Crippen LogP contribution < -0.4 is 11.1 Å². The lowest BCUT2D eigenvalue weighted by molar-refractivity contribution is -0.124. The molecule has 2 rings (SSSR count). The Hall–Kier alpha value is -2.22. The van der Waals surface area contributed by atoms with E-state index in [-0.39, 0.29) is 11.8 Å². The highest BCUT2D eigenvalue weighted by Gasteiger charge is 2.15. The average Bonchev–Trinajstić information content (AvgIpc) is 2.80. The molecule has 0 saturated carbocycles. The second kappa shape index (κ2) is 6.04. The van der Waals surface area contributed by atoms with Gasteiger partial charge in [-0.2, -0.15) is 5.10 Å². The monoisotopic (exact) mass is 291 g/mol. The molecule has 0 radical (unpaired) electrons. The van der Waals surface area contributed by atoms with Crippen LogP contribution in [0.1, 0.15) is 12.7 Å². The summed E-state index contributed by atoms with van der Waals surface area (Å²) in [5.41, 5.74) is 6.64. The summed E-state index contributed by atoms with van der Waals surface area (Å²) in [6.45, 7) is 3.02. The highest BCUT2D eigenvalue weighted by molar-refractivity contribution is 5.84. The first-order valence-corrected chi connectivity index (χ1v) is 6.76. The van der Waals surface area contributed by atoms with E-state index in [0.29, 0.717) is 30.4 Å². The van der Waals surface area contributed by atoms with Crippen molar-refractivity contribution in [2.24, 2.45) is 13.0 Å². The first kappa shape index (κ1) is 15.2. The van der Waals surface area contributed by atoms with Crippen LogP contribution >= 0.6 is 0 Å². The van der Waals surface area contributed by atoms with E-state index in [1.54, 1.807) is 17.9 Å². The van der Waals surface area contributed by atoms with Crippen LogP contribution in [-0.2, 0) is 18.4 Å². The van der Waals surface area contributed by atoms with Gasteiger partial charge in [-0.1, -0.05) is 6.92 Å². The topological polar surface area (TPSA) is 102 Å². The second-order valence-electron chi connectivity index (χ2n) is 5.24. The number of amides is 1. The molecule has 21 heavy (non-hydrogen) atoms. The van der Waals surface area contributed by atoms with Gasteiger partial charge in [0.15, 0.2) is 5.65 Å². The lowest BCUT2D eigenvalue weighted by Gasteiger charge is -2.19. The minimum Gasteiger partial charge on any atom is -0.383 e. The van der Waals surface area contributed by atoms with Crippen molar-refractivity contribution in [2.75, 3.05) is 26.4 Å². The van der Waals surface area contributed by atoms with Crippen LogP contribution in [0.4, 0.5) is 5.82 Å². The van der Waals surface area contributed by atoms with E-state index >= 15 is 0 Å². The predicted octanol–water partition coefficient (Wildman–Crippen LogP) is -0.241. The van der Waals surface area contributed by atoms with Crippen LogP contribution in [0.25, 0.3) is 11.0 Å². The van der Waals surface area contributed by atoms with Gasteiger partial charge in [0.05, 0.1) is 18.1 Å². The standard InChI is InChI=1S/C13H21N7O/c1-8(13(21)15-2)6-19(3)7-10-17-11(14)9-5-16-20(4)12(9)18-10/h5,8H,6-7H2,1-4H3,(H,15,21)(H2,14,17,18). The van der Waals surface area contributed by atoms with Gasteiger partial charge >= 0.3 is 0 Å². The number of carbonyl (C=O) groups is 1. The van der Waals surface area contributed by atoms with Gasteiger partial charge in [0.2, 0.25) is 5.91 Å². The van der Waals surface area contributed by atoms with E-state index in [1.807, 2.05) is 25.9 Å². The maximum absolute atomic E-state index is 11.5. The molecule has 1 unspecified atom stereocenters. The van der Waals surface area contributed by atoms with Gasteiger partial charge in [-0.25, -0.2) is 9.97 Å². The molecule has 0 bridgehead atoms. The number of nitrogens with zero attached hydrogens (tertiary/aromatic N) is 5. The van der Waals surface area contributed by atoms with Crippen molar-refractivity contribution in [3.05, 3.63) is 12.0 Å². The molecule has 0 aliphatic rings. The van der Waals surface area contributed by atoms with Crippen LogP contribution in [0.3, 0.4) is 0 Å². The third-order valence-corrected chi connectivity index (χ3v) is 3.36. The van der Waals surface area contributed by atoms with E-state index in [4.69, 9.17) is 5.73 Å². The number of aromatic nitrogens is 4. The van der Waals surface area contributed by atoms with Crippen molar-refractivity contribution in [2.45, 2.75) is 13.5 Å². The minimum absolute atomic E-state index is 0.0179. The van der Waals surface area contributed by atoms with Gasteiger partial charge in [0, 0.05) is 26.6 Å². The lowest BCUT2D eigenvalue weighted by atomic mass is 10.1. The number of fused-ring (bicyclic) bond motifs is 1. The van der Waals surface area contributed by atoms with Crippen molar-refractivity contribution >= 4 is 22.8 Å². The molecule has 2 heterocycles. The fourth-order valence-electron chi connectivity index (χ4n) is 2.26. The lowest BCUT2D eigenvalue weighted by Crippen LogP contribution is -2.34. The molecule has 0 aliphatic heterocycles. The molecular formula is C13H21N7O. The number of rotatable bonds is 5. The summed E-state index contributed by atoms with van der Waals surface area (Å²) in [7, 11) is 5.38. The summed E-state index contributed by atoms with van der Waals surface area (Å²) in [5, 5.41) is 7.52. The van der Waals surface area contributed by atoms with E-state index in [0.717, 1.165) is 5.39 Å². The fourth-order valence-corrected chi connectivity index (χ4v) is 2.26. The minimum atomic E-state index is -0.0993. The molecule has 1 amide bonds. The zero-order chi connectivity index (χ0) is 15.6. The van der Waals surface area contributed by atoms with Crippen LogP contribution in [0.2, 0.25) is 0 Å². The number of aryl methyl sites for hydroxylation is 1. The Balaban J connectivity index is 2.12. The fraction of sp³-hybridized carbons (Fsp3) is 0.538. The molecule has 0 spiro atoms. The Kier molecular flexibility index (Phi) is 4.37. The molecule has 3 N–H and O–H groups in total. The molecule has 114 valence electrons. The summed E-state index contributed by atoms with van der Waals surface area (Å²) < 4.78 is 1.67. The summed E-state index contributed by atoms with van der Waals surface area (Å²) in [6, 6.07) is 0. The van der Waals surface area contributed by atoms with Crippen LogP contribution in [-0.4, -0.2) is 51.2 Å². The van der Waals surface area contributed by atoms with Crippen molar-refractivity contribution < 1.29 is 4.79 Å². The maximum atomic E-state index is 11.5. The van der Waals surface area contributed by atoms with Crippen molar-refractivity contribution in [1.82, 2.24) is 30.0 Å². The number of nitrogens with one attached hydrogen (secondary N) is 1. The molecule has 8 nitrogen and oxygen atoms in total. The molecule has 8 heteroatoms. The Morgan fingerprint density at radius 1 is 1.52 bits per heavy atom. The zero-order valence-corrected chi connectivity index (χ0v) is 12.8. The Morgan fingerprint density at radius 2 is 2.24 bits per heavy atom. The maximum Gasteiger partial charge on any atom is 0.223 e. The first-order chi connectivity index (χ1) is 9.92. The van der Waals surface area contributed by atoms with E-state index in [1.165, 1.54) is 0 Å². The number of carbonyl (C=O) groups excluding carboxylic acids is 1. The first-order valence-electron chi connectivity index (χ1n) is 6.76. The number of nitrogen functional groups attached to an aromatic ring is 1. The van der Waals surface area contributed by atoms with Gasteiger partial charge in [0.25, 0.3) is 0 Å². The molecular weight excluding hydrogens is 270 g/mol. The van der Waals surface area contributed by atoms with Crippen LogP contribution in [0.5, 0.6) is 0 Å². The molecule has 0 fully saturated rings. The van der Waals surface area contributed by atoms with Crippen molar-refractivity contribution in [3.63, 3.8) is 0 Å². The Morgan fingerprint density at radius 3 is 2.90 bits per heavy atom. The second-order valence-corrected chi connectivity index (χ2v) is 5.24. The SMILES string of the molecule is CNC(=O)C(C)CN(C)Cc1nc(N)c2cnn(C)c2n1. The number of hydrogen-bond acceptors (Lipinski definition) is 6. The third-order valence-electron chi connectivity index (χ3n) is 3.36. The highest BCUT2D eigenvalue weighted by atomic mass is 16.1. The van der Waals surface area contributed by atoms with Crippen molar-refractivity contribution in [3.8, 4) is 0 Å². The summed E-state index contributed by atoms with van der Waals surface area (Å²) in [6.07, 6.45) is 1.66. The Bertz CT molecular complexity index is 651. The molecule has 0 aromatic carbocycles. The van der Waals surface area contributed by atoms with Crippen molar-refractivity contribution in [1.29, 1.82) is 0 Å². The zero-order valence-electron chi connectivity index (χ0n) is 12.8. The number of nitrogens with two attached hydrogens (primary N) is 1. The molecule has 2 aromatic heterocycles. The summed E-state index contributed by atoms with van der Waals surface area (Å²) >= 11 is 0. The average molecular weight is 291 g/mol. The highest BCUT2D eigenvalue weighted by Crippen LogP contribution is 2.17. The number of hydrogen-bond donors (Lipinski definition) is 2. The van der Waals surface area contributed by atoms with Gasteiger partial charge in [-0.05, 0) is 7.05 Å². The molecule has 0 aliphatic carbocycles. The van der Waals surface area contributed by atoms with E-state index < -0.39 is 0 Å². The number of anilines is 1. The van der Waals surface area contributed by atoms with Gasteiger partial charge < -0.3 is 11.1 Å². The summed E-state index contributed by atoms with van der Waals surface area (Å²) in [5.74, 6) is 0.966. The molecule has 1 atom stereocenters. The predicted molar refractivity (Wildman–Crippen MR) is 80.3 cm³/mol. The quantitative estimate of drug-likeness (QED) is 0.788. The van der Waals surface area contributed by atoms with Gasteiger partial charge in [-0.3, -0.25) is 14.4 Å². The smallest absolute Gasteiger partial charge is 0.223 e. The normalized spacial score (nSPS) is 12.8. The van der Waals surface area contributed by atoms with E-state index in [9.17, 15) is 4.79 Å². The largest absolute Gasteiger partial charge is 0.383 e. The van der Waals surface area contributed by atoms with Crippen LogP contribution in [0, 0.1) is 5.92 Å².